The van der Waals surface area contributed by atoms with Crippen LogP contribution in [-0.4, -0.2) is 93.5 Å². The van der Waals surface area contributed by atoms with Crippen molar-refractivity contribution in [2.75, 3.05) is 27.3 Å². The second kappa shape index (κ2) is 19.0. The van der Waals surface area contributed by atoms with Gasteiger partial charge in [0.05, 0.1) is 55.9 Å². The Kier molecular flexibility index (Phi) is 14.2. The summed E-state index contributed by atoms with van der Waals surface area (Å²) >= 11 is 0. The number of alkyl carbamates (subject to hydrolysis) is 1. The summed E-state index contributed by atoms with van der Waals surface area (Å²) < 4.78 is 4.72. The normalized spacial score (nSPS) is 15.5. The summed E-state index contributed by atoms with van der Waals surface area (Å²) in [4.78, 5) is 56.9. The van der Waals surface area contributed by atoms with E-state index in [1.54, 1.807) is 31.7 Å². The summed E-state index contributed by atoms with van der Waals surface area (Å²) in [5, 5.41) is 14.3. The third-order valence-corrected chi connectivity index (χ3v) is 8.61. The number of carbonyl (C=O) groups is 3. The van der Waals surface area contributed by atoms with Crippen LogP contribution in [0.5, 0.6) is 0 Å². The predicted octanol–water partition coefficient (Wildman–Crippen LogP) is 5.47. The molecule has 3 heterocycles. The van der Waals surface area contributed by atoms with Crippen LogP contribution in [0.4, 0.5) is 4.79 Å². The molecule has 2 aromatic carbocycles. The van der Waals surface area contributed by atoms with E-state index in [4.69, 9.17) is 9.84 Å². The first-order valence-corrected chi connectivity index (χ1v) is 17.1. The molecule has 5 rings (SSSR count). The number of hydrogen-bond acceptors (Lipinski definition) is 8. The Hall–Kier alpha value is -5.82. The highest BCUT2D eigenvalue weighted by molar-refractivity contribution is 5.86. The van der Waals surface area contributed by atoms with Crippen LogP contribution in [0.15, 0.2) is 96.5 Å². The van der Waals surface area contributed by atoms with Gasteiger partial charge in [0, 0.05) is 26.7 Å². The molecule has 274 valence electrons. The summed E-state index contributed by atoms with van der Waals surface area (Å²) in [7, 11) is 2.92. The van der Waals surface area contributed by atoms with Crippen LogP contribution in [0.1, 0.15) is 45.5 Å². The molecule has 1 saturated heterocycles. The molecule has 3 unspecified atom stereocenters. The quantitative estimate of drug-likeness (QED) is 0.0957. The second-order valence-electron chi connectivity index (χ2n) is 12.6. The molecule has 1 aliphatic rings. The van der Waals surface area contributed by atoms with Crippen molar-refractivity contribution in [2.24, 2.45) is 10.9 Å². The standard InChI is InChI=1S/C29H32N6O3.C10H16N2O2/c1-18(2)26(34-29(37)38-3)28(36)35-14-4-5-25(35)27-31-16-24(33-27)22-12-8-20(9-13-22)19-6-10-21(11-7-19)23-15-30-17-32-23;1-4-5-9(6-11-3)10(7-13)12-8(2)14/h6-13,15-18,25-26H,4-5,14H2,1-3H3,(H,30,32)(H,31,33)(H,34,37);4-6,10,13H,1,7H2,2-3H3,(H,12,14)/b;9-5+,11-6?. The number of aliphatic hydroxyl groups excluding tert-OH is 1. The largest absolute Gasteiger partial charge is 0.453 e. The number of hydrogen-bond donors (Lipinski definition) is 5. The monoisotopic (exact) mass is 708 g/mol. The number of likely N-dealkylation sites (tertiary alicyclic amines) is 1. The smallest absolute Gasteiger partial charge is 0.407 e. The van der Waals surface area contributed by atoms with Gasteiger partial charge in [-0.3, -0.25) is 14.6 Å². The zero-order valence-electron chi connectivity index (χ0n) is 30.3. The molecule has 1 fully saturated rings. The van der Waals surface area contributed by atoms with Gasteiger partial charge in [-0.15, -0.1) is 0 Å². The number of aliphatic imine (C=N–C) groups is 1. The average Bonchev–Trinajstić information content (AvgIpc) is 3.96. The van der Waals surface area contributed by atoms with Gasteiger partial charge in [0.15, 0.2) is 0 Å². The molecular weight excluding hydrogens is 660 g/mol. The molecule has 3 atom stereocenters. The number of nitrogens with one attached hydrogen (secondary N) is 4. The lowest BCUT2D eigenvalue weighted by Gasteiger charge is -2.30. The van der Waals surface area contributed by atoms with Gasteiger partial charge in [-0.2, -0.15) is 0 Å². The Morgan fingerprint density at radius 2 is 1.67 bits per heavy atom. The topological polar surface area (TPSA) is 178 Å². The number of rotatable bonds is 12. The van der Waals surface area contributed by atoms with Crippen molar-refractivity contribution in [2.45, 2.75) is 51.7 Å². The minimum Gasteiger partial charge on any atom is -0.453 e. The van der Waals surface area contributed by atoms with Crippen LogP contribution in [0.25, 0.3) is 33.6 Å². The second-order valence-corrected chi connectivity index (χ2v) is 12.6. The molecule has 2 aromatic heterocycles. The van der Waals surface area contributed by atoms with Crippen molar-refractivity contribution in [3.63, 3.8) is 0 Å². The molecule has 0 bridgehead atoms. The van der Waals surface area contributed by atoms with Crippen LogP contribution in [-0.2, 0) is 14.3 Å². The molecule has 52 heavy (non-hydrogen) atoms. The zero-order chi connectivity index (χ0) is 37.6. The fraction of sp³-hybridized carbons (Fsp3) is 0.333. The number of allylic oxidation sites excluding steroid dienone is 2. The average molecular weight is 709 g/mol. The Morgan fingerprint density at radius 3 is 2.19 bits per heavy atom. The van der Waals surface area contributed by atoms with Gasteiger partial charge in [-0.25, -0.2) is 14.8 Å². The highest BCUT2D eigenvalue weighted by atomic mass is 16.5. The van der Waals surface area contributed by atoms with Gasteiger partial charge in [-0.1, -0.05) is 81.1 Å². The van der Waals surface area contributed by atoms with Crippen molar-refractivity contribution in [3.05, 3.63) is 97.4 Å². The van der Waals surface area contributed by atoms with Crippen LogP contribution in [0, 0.1) is 5.92 Å². The van der Waals surface area contributed by atoms with Crippen molar-refractivity contribution in [1.82, 2.24) is 35.5 Å². The lowest BCUT2D eigenvalue weighted by Crippen LogP contribution is -2.51. The van der Waals surface area contributed by atoms with Gasteiger partial charge < -0.3 is 35.3 Å². The molecule has 5 N–H and O–H groups in total. The number of imidazole rings is 2. The van der Waals surface area contributed by atoms with E-state index < -0.39 is 18.2 Å². The third-order valence-electron chi connectivity index (χ3n) is 8.61. The predicted molar refractivity (Wildman–Crippen MR) is 202 cm³/mol. The van der Waals surface area contributed by atoms with E-state index in [9.17, 15) is 14.4 Å². The number of aromatic nitrogens is 4. The SMILES string of the molecule is C=C/C=C(\C=NC)C(CO)NC(C)=O.COC(=O)NC(C(=O)N1CCCC1c1ncc(-c2ccc(-c3ccc(-c4cnc[nH]4)cc3)cc2)[nH]1)C(C)C. The van der Waals surface area contributed by atoms with E-state index in [1.165, 1.54) is 14.0 Å². The highest BCUT2D eigenvalue weighted by Gasteiger charge is 2.37. The molecule has 3 amide bonds. The van der Waals surface area contributed by atoms with E-state index in [-0.39, 0.29) is 30.4 Å². The summed E-state index contributed by atoms with van der Waals surface area (Å²) in [5.41, 5.74) is 6.97. The van der Waals surface area contributed by atoms with Crippen LogP contribution >= 0.6 is 0 Å². The summed E-state index contributed by atoms with van der Waals surface area (Å²) in [6, 6.07) is 15.5. The lowest BCUT2D eigenvalue weighted by atomic mass is 10.0. The van der Waals surface area contributed by atoms with Gasteiger partial charge in [-0.05, 0) is 46.6 Å². The molecule has 0 aliphatic carbocycles. The number of ether oxygens (including phenoxy) is 1. The summed E-state index contributed by atoms with van der Waals surface area (Å²) in [6.45, 7) is 9.23. The number of aromatic amines is 2. The van der Waals surface area contributed by atoms with Crippen molar-refractivity contribution in [1.29, 1.82) is 0 Å². The molecule has 4 aromatic rings. The van der Waals surface area contributed by atoms with Gasteiger partial charge in [0.2, 0.25) is 11.8 Å². The number of amides is 3. The third kappa shape index (κ3) is 10.1. The van der Waals surface area contributed by atoms with Crippen LogP contribution in [0.3, 0.4) is 0 Å². The highest BCUT2D eigenvalue weighted by Crippen LogP contribution is 2.33. The van der Waals surface area contributed by atoms with Crippen LogP contribution in [0.2, 0.25) is 0 Å². The Balaban J connectivity index is 0.000000368. The van der Waals surface area contributed by atoms with Gasteiger partial charge in [0.1, 0.15) is 11.9 Å². The zero-order valence-corrected chi connectivity index (χ0v) is 30.3. The maximum atomic E-state index is 13.4. The molecular formula is C39H48N8O5. The van der Waals surface area contributed by atoms with E-state index >= 15 is 0 Å². The Bertz CT molecular complexity index is 1830. The molecule has 13 heteroatoms. The number of carbonyl (C=O) groups excluding carboxylic acids is 3. The van der Waals surface area contributed by atoms with E-state index in [0.717, 1.165) is 57.9 Å². The lowest BCUT2D eigenvalue weighted by molar-refractivity contribution is -0.135. The van der Waals surface area contributed by atoms with Crippen molar-refractivity contribution >= 4 is 24.1 Å². The molecule has 0 radical (unpaired) electrons. The number of benzene rings is 2. The fourth-order valence-corrected chi connectivity index (χ4v) is 5.96. The van der Waals surface area contributed by atoms with Crippen molar-refractivity contribution in [3.8, 4) is 33.6 Å². The van der Waals surface area contributed by atoms with E-state index in [0.29, 0.717) is 6.54 Å². The summed E-state index contributed by atoms with van der Waals surface area (Å²) in [5.74, 6) is 0.373. The number of H-pyrrole nitrogens is 2. The molecule has 13 nitrogen and oxygen atoms in total. The van der Waals surface area contributed by atoms with E-state index in [2.05, 4.69) is 90.7 Å². The first-order chi connectivity index (χ1) is 25.1. The van der Waals surface area contributed by atoms with Crippen LogP contribution < -0.4 is 10.6 Å². The van der Waals surface area contributed by atoms with Gasteiger partial charge >= 0.3 is 6.09 Å². The Labute approximate surface area is 304 Å². The Morgan fingerprint density at radius 1 is 1.04 bits per heavy atom. The fourth-order valence-electron chi connectivity index (χ4n) is 5.96. The van der Waals surface area contributed by atoms with E-state index in [1.807, 2.05) is 31.1 Å². The maximum absolute atomic E-state index is 13.4. The number of methoxy groups -OCH3 is 1. The molecule has 0 spiro atoms. The number of nitrogens with zero attached hydrogens (tertiary/aromatic N) is 4. The minimum atomic E-state index is -0.654. The van der Waals surface area contributed by atoms with Crippen molar-refractivity contribution < 1.29 is 24.2 Å². The minimum absolute atomic E-state index is 0.0739. The first-order valence-electron chi connectivity index (χ1n) is 17.1. The van der Waals surface area contributed by atoms with Gasteiger partial charge in [0.25, 0.3) is 0 Å². The summed E-state index contributed by atoms with van der Waals surface area (Å²) in [6.07, 6.45) is 11.3. The molecule has 1 aliphatic heterocycles. The number of aliphatic hydroxyl groups is 1. The first kappa shape index (κ1) is 39.0. The molecule has 0 saturated carbocycles. The maximum Gasteiger partial charge on any atom is 0.407 e.